The first-order valence-electron chi connectivity index (χ1n) is 5.46. The van der Waals surface area contributed by atoms with Gasteiger partial charge in [-0.25, -0.2) is 8.42 Å². The van der Waals surface area contributed by atoms with E-state index >= 15 is 0 Å². The zero-order chi connectivity index (χ0) is 14.0. The minimum absolute atomic E-state index is 0.0165. The fraction of sp³-hybridized carbons (Fsp3) is 0.273. The van der Waals surface area contributed by atoms with Gasteiger partial charge in [-0.2, -0.15) is 0 Å². The summed E-state index contributed by atoms with van der Waals surface area (Å²) in [5, 5.41) is 0. The maximum Gasteiger partial charge on any atom is 0.262 e. The van der Waals surface area contributed by atoms with Crippen LogP contribution in [-0.2, 0) is 24.4 Å². The van der Waals surface area contributed by atoms with Gasteiger partial charge in [-0.15, -0.1) is 0 Å². The third-order valence-electron chi connectivity index (χ3n) is 2.65. The van der Waals surface area contributed by atoms with Gasteiger partial charge in [-0.05, 0) is 24.3 Å². The normalized spacial score (nSPS) is 16.2. The molecule has 19 heavy (non-hydrogen) atoms. The van der Waals surface area contributed by atoms with Gasteiger partial charge in [0.15, 0.2) is 0 Å². The topological polar surface area (TPSA) is 92.8 Å². The van der Waals surface area contributed by atoms with Crippen LogP contribution < -0.4 is 9.79 Å². The van der Waals surface area contributed by atoms with Crippen LogP contribution in [0.5, 0.6) is 0 Å². The largest absolute Gasteiger partial charge is 0.290 e. The Kier molecular flexibility index (Phi) is 3.65. The van der Waals surface area contributed by atoms with Gasteiger partial charge in [-0.1, -0.05) is 4.89 Å². The summed E-state index contributed by atoms with van der Waals surface area (Å²) in [6, 6.07) is 5.42. The number of benzene rings is 1. The molecule has 1 aliphatic rings. The zero-order valence-electron chi connectivity index (χ0n) is 10.1. The lowest BCUT2D eigenvalue weighted by Crippen LogP contribution is -2.28. The lowest BCUT2D eigenvalue weighted by Gasteiger charge is -2.14. The quantitative estimate of drug-likeness (QED) is 0.629. The standard InChI is InChI=1S/C11H12N2O5S/c1-18-12-19(16,17)9-4-2-8(3-5-9)13-10(14)6-7-11(13)15/h2-5,12H,6-7H2,1H3. The average Bonchev–Trinajstić information content (AvgIpc) is 2.69. The van der Waals surface area contributed by atoms with Crippen LogP contribution in [-0.4, -0.2) is 27.3 Å². The fourth-order valence-corrected chi connectivity index (χ4v) is 2.61. The lowest BCUT2D eigenvalue weighted by atomic mass is 10.3. The second-order valence-electron chi connectivity index (χ2n) is 3.91. The van der Waals surface area contributed by atoms with Crippen LogP contribution in [0, 0.1) is 0 Å². The molecular formula is C11H12N2O5S. The van der Waals surface area contributed by atoms with E-state index in [1.165, 1.54) is 31.4 Å². The molecule has 1 aromatic rings. The minimum atomic E-state index is -3.74. The van der Waals surface area contributed by atoms with Crippen molar-refractivity contribution in [2.24, 2.45) is 0 Å². The number of carbonyl (C=O) groups excluding carboxylic acids is 2. The number of anilines is 1. The summed E-state index contributed by atoms with van der Waals surface area (Å²) in [6.07, 6.45) is 0.369. The van der Waals surface area contributed by atoms with Crippen molar-refractivity contribution in [2.45, 2.75) is 17.7 Å². The number of amides is 2. The highest BCUT2D eigenvalue weighted by atomic mass is 32.2. The van der Waals surface area contributed by atoms with E-state index in [0.717, 1.165) is 4.90 Å². The van der Waals surface area contributed by atoms with E-state index in [9.17, 15) is 18.0 Å². The predicted octanol–water partition coefficient (Wildman–Crippen LogP) is 0.180. The maximum atomic E-state index is 11.6. The van der Waals surface area contributed by atoms with Crippen molar-refractivity contribution in [3.05, 3.63) is 24.3 Å². The van der Waals surface area contributed by atoms with Crippen molar-refractivity contribution < 1.29 is 22.8 Å². The van der Waals surface area contributed by atoms with E-state index in [0.29, 0.717) is 5.69 Å². The number of nitrogens with zero attached hydrogens (tertiary/aromatic N) is 1. The molecule has 8 heteroatoms. The van der Waals surface area contributed by atoms with Crippen LogP contribution in [0.2, 0.25) is 0 Å². The Labute approximate surface area is 110 Å². The van der Waals surface area contributed by atoms with Gasteiger partial charge in [0.05, 0.1) is 17.7 Å². The Morgan fingerprint density at radius 3 is 2.11 bits per heavy atom. The molecule has 0 aliphatic carbocycles. The van der Waals surface area contributed by atoms with Crippen LogP contribution in [0.15, 0.2) is 29.2 Å². The van der Waals surface area contributed by atoms with Crippen LogP contribution in [0.3, 0.4) is 0 Å². The van der Waals surface area contributed by atoms with Gasteiger partial charge in [0.1, 0.15) is 0 Å². The van der Waals surface area contributed by atoms with Gasteiger partial charge in [0, 0.05) is 12.8 Å². The lowest BCUT2D eigenvalue weighted by molar-refractivity contribution is -0.121. The van der Waals surface area contributed by atoms with E-state index < -0.39 is 10.0 Å². The summed E-state index contributed by atoms with van der Waals surface area (Å²) in [6.45, 7) is 0. The molecule has 0 radical (unpaired) electrons. The molecular weight excluding hydrogens is 272 g/mol. The van der Waals surface area contributed by atoms with E-state index in [2.05, 4.69) is 4.84 Å². The van der Waals surface area contributed by atoms with Crippen LogP contribution in [0.1, 0.15) is 12.8 Å². The van der Waals surface area contributed by atoms with E-state index in [-0.39, 0.29) is 29.6 Å². The fourth-order valence-electron chi connectivity index (χ4n) is 1.80. The summed E-state index contributed by atoms with van der Waals surface area (Å²) in [4.78, 5) is 30.3. The van der Waals surface area contributed by atoms with Crippen molar-refractivity contribution in [1.29, 1.82) is 0 Å². The highest BCUT2D eigenvalue weighted by Crippen LogP contribution is 2.23. The monoisotopic (exact) mass is 284 g/mol. The predicted molar refractivity (Wildman–Crippen MR) is 65.5 cm³/mol. The smallest absolute Gasteiger partial charge is 0.262 e. The van der Waals surface area contributed by atoms with Gasteiger partial charge < -0.3 is 0 Å². The Bertz CT molecular complexity index is 592. The van der Waals surface area contributed by atoms with Gasteiger partial charge in [0.2, 0.25) is 11.8 Å². The van der Waals surface area contributed by atoms with Crippen LogP contribution in [0.25, 0.3) is 0 Å². The van der Waals surface area contributed by atoms with Crippen molar-refractivity contribution in [2.75, 3.05) is 12.0 Å². The number of carbonyl (C=O) groups is 2. The molecule has 0 spiro atoms. The first-order chi connectivity index (χ1) is 8.95. The summed E-state index contributed by atoms with van der Waals surface area (Å²) < 4.78 is 23.2. The number of rotatable bonds is 4. The van der Waals surface area contributed by atoms with E-state index in [1.807, 2.05) is 4.89 Å². The first kappa shape index (κ1) is 13.7. The second kappa shape index (κ2) is 5.08. The van der Waals surface area contributed by atoms with Crippen molar-refractivity contribution >= 4 is 27.5 Å². The summed E-state index contributed by atoms with van der Waals surface area (Å²) in [5.41, 5.74) is 0.365. The van der Waals surface area contributed by atoms with E-state index in [1.54, 1.807) is 0 Å². The third-order valence-corrected chi connectivity index (χ3v) is 3.93. The summed E-state index contributed by atoms with van der Waals surface area (Å²) in [5.74, 6) is -0.564. The van der Waals surface area contributed by atoms with Crippen LogP contribution >= 0.6 is 0 Å². The first-order valence-corrected chi connectivity index (χ1v) is 6.94. The van der Waals surface area contributed by atoms with Crippen LogP contribution in [0.4, 0.5) is 5.69 Å². The molecule has 2 rings (SSSR count). The van der Waals surface area contributed by atoms with E-state index in [4.69, 9.17) is 0 Å². The molecule has 0 aromatic heterocycles. The molecule has 1 N–H and O–H groups in total. The Morgan fingerprint density at radius 2 is 1.63 bits per heavy atom. The molecule has 1 fully saturated rings. The van der Waals surface area contributed by atoms with Gasteiger partial charge in [-0.3, -0.25) is 19.3 Å². The highest BCUT2D eigenvalue weighted by Gasteiger charge is 2.30. The number of nitrogens with one attached hydrogen (secondary N) is 1. The molecule has 1 saturated heterocycles. The molecule has 0 bridgehead atoms. The molecule has 7 nitrogen and oxygen atoms in total. The maximum absolute atomic E-state index is 11.6. The van der Waals surface area contributed by atoms with Crippen molar-refractivity contribution in [3.8, 4) is 0 Å². The number of hydrogen-bond acceptors (Lipinski definition) is 5. The third kappa shape index (κ3) is 2.65. The molecule has 1 aliphatic heterocycles. The summed E-state index contributed by atoms with van der Waals surface area (Å²) >= 11 is 0. The molecule has 1 heterocycles. The Morgan fingerprint density at radius 1 is 1.11 bits per heavy atom. The zero-order valence-corrected chi connectivity index (χ0v) is 10.9. The van der Waals surface area contributed by atoms with Gasteiger partial charge >= 0.3 is 0 Å². The van der Waals surface area contributed by atoms with Crippen molar-refractivity contribution in [1.82, 2.24) is 4.89 Å². The number of sulfonamides is 1. The molecule has 2 amide bonds. The Balaban J connectivity index is 2.29. The molecule has 0 atom stereocenters. The number of imide groups is 1. The average molecular weight is 284 g/mol. The SMILES string of the molecule is CONS(=O)(=O)c1ccc(N2C(=O)CCC2=O)cc1. The highest BCUT2D eigenvalue weighted by molar-refractivity contribution is 7.89. The molecule has 1 aromatic carbocycles. The molecule has 0 unspecified atom stereocenters. The van der Waals surface area contributed by atoms with Gasteiger partial charge in [0.25, 0.3) is 10.0 Å². The molecule has 0 saturated carbocycles. The Hall–Kier alpha value is -1.77. The minimum Gasteiger partial charge on any atom is -0.290 e. The molecule has 102 valence electrons. The summed E-state index contributed by atoms with van der Waals surface area (Å²) in [7, 11) is -2.55. The van der Waals surface area contributed by atoms with Crippen molar-refractivity contribution in [3.63, 3.8) is 0 Å². The number of hydrogen-bond donors (Lipinski definition) is 1. The second-order valence-corrected chi connectivity index (χ2v) is 5.55.